The van der Waals surface area contributed by atoms with Crippen molar-refractivity contribution in [3.05, 3.63) is 120 Å². The summed E-state index contributed by atoms with van der Waals surface area (Å²) in [7, 11) is 3.28. The topological polar surface area (TPSA) is 51.1 Å². The van der Waals surface area contributed by atoms with Crippen LogP contribution in [0.3, 0.4) is 0 Å². The van der Waals surface area contributed by atoms with Gasteiger partial charge < -0.3 is 9.47 Å². The van der Waals surface area contributed by atoms with E-state index in [9.17, 15) is 4.79 Å². The Kier molecular flexibility index (Phi) is 6.30. The molecule has 5 rings (SSSR count). The average Bonchev–Trinajstić information content (AvgIpc) is 2.95. The molecular formula is C31H28N2O3. The summed E-state index contributed by atoms with van der Waals surface area (Å²) in [4.78, 5) is 20.7. The Balaban J connectivity index is 1.78. The van der Waals surface area contributed by atoms with Gasteiger partial charge in [-0.1, -0.05) is 67.6 Å². The number of aliphatic imine (C=N–C) groups is 1. The van der Waals surface area contributed by atoms with Crippen molar-refractivity contribution in [2.24, 2.45) is 10.9 Å². The molecule has 2 atom stereocenters. The van der Waals surface area contributed by atoms with Gasteiger partial charge in [-0.15, -0.1) is 0 Å². The molecule has 0 aromatic heterocycles. The molecule has 0 radical (unpaired) electrons. The van der Waals surface area contributed by atoms with Gasteiger partial charge in [0.2, 0.25) is 5.91 Å². The highest BCUT2D eigenvalue weighted by Crippen LogP contribution is 2.51. The molecule has 2 unspecified atom stereocenters. The van der Waals surface area contributed by atoms with E-state index in [1.54, 1.807) is 14.2 Å². The van der Waals surface area contributed by atoms with Crippen molar-refractivity contribution in [3.8, 4) is 11.5 Å². The first-order valence-electron chi connectivity index (χ1n) is 11.9. The van der Waals surface area contributed by atoms with Crippen molar-refractivity contribution in [3.63, 3.8) is 0 Å². The van der Waals surface area contributed by atoms with Crippen molar-refractivity contribution >= 4 is 23.0 Å². The quantitative estimate of drug-likeness (QED) is 0.229. The average molecular weight is 477 g/mol. The van der Waals surface area contributed by atoms with E-state index in [-0.39, 0.29) is 11.8 Å². The number of benzene rings is 4. The maximum atomic E-state index is 13.6. The van der Waals surface area contributed by atoms with Crippen molar-refractivity contribution in [1.29, 1.82) is 0 Å². The van der Waals surface area contributed by atoms with Gasteiger partial charge in [0.15, 0.2) is 0 Å². The highest BCUT2D eigenvalue weighted by molar-refractivity contribution is 6.22. The van der Waals surface area contributed by atoms with Gasteiger partial charge in [-0.05, 0) is 59.7 Å². The summed E-state index contributed by atoms with van der Waals surface area (Å²) in [5.74, 6) is 1.21. The van der Waals surface area contributed by atoms with Crippen molar-refractivity contribution < 1.29 is 14.3 Å². The molecule has 1 fully saturated rings. The first-order chi connectivity index (χ1) is 17.6. The van der Waals surface area contributed by atoms with Gasteiger partial charge in [-0.25, -0.2) is 4.99 Å². The van der Waals surface area contributed by atoms with E-state index in [0.29, 0.717) is 0 Å². The first kappa shape index (κ1) is 23.4. The number of carbonyl (C=O) groups is 1. The molecule has 36 heavy (non-hydrogen) atoms. The molecule has 5 heteroatoms. The maximum Gasteiger partial charge on any atom is 0.234 e. The van der Waals surface area contributed by atoms with Gasteiger partial charge in [0.1, 0.15) is 17.0 Å². The SMILES string of the molecule is COc1ccc(N=C(c2ccccc2)C2(c3ccccc3)C(C)C(=O)N2c2ccc(OC)cc2)cc1. The van der Waals surface area contributed by atoms with Crippen LogP contribution >= 0.6 is 0 Å². The van der Waals surface area contributed by atoms with Crippen LogP contribution in [0.2, 0.25) is 0 Å². The Hall–Kier alpha value is -4.38. The van der Waals surface area contributed by atoms with Crippen molar-refractivity contribution in [2.45, 2.75) is 12.5 Å². The fourth-order valence-corrected chi connectivity index (χ4v) is 5.01. The molecule has 1 saturated heterocycles. The summed E-state index contributed by atoms with van der Waals surface area (Å²) in [6.07, 6.45) is 0. The molecular weight excluding hydrogens is 448 g/mol. The zero-order valence-electron chi connectivity index (χ0n) is 20.6. The van der Waals surface area contributed by atoms with E-state index >= 15 is 0 Å². The van der Waals surface area contributed by atoms with Crippen LogP contribution in [0.25, 0.3) is 0 Å². The standard InChI is InChI=1S/C31H28N2O3/c1-22-30(34)33(26-16-20-28(36-3)21-17-26)31(22,24-12-8-5-9-13-24)29(23-10-6-4-7-11-23)32-25-14-18-27(35-2)19-15-25/h4-22H,1-3H3. The number of carbonyl (C=O) groups excluding carboxylic acids is 1. The van der Waals surface area contributed by atoms with E-state index in [4.69, 9.17) is 14.5 Å². The lowest BCUT2D eigenvalue weighted by Crippen LogP contribution is -2.72. The lowest BCUT2D eigenvalue weighted by atomic mass is 9.64. The Morgan fingerprint density at radius 1 is 0.750 bits per heavy atom. The second kappa shape index (κ2) is 9.70. The number of hydrogen-bond donors (Lipinski definition) is 0. The van der Waals surface area contributed by atoms with Gasteiger partial charge in [-0.2, -0.15) is 0 Å². The fraction of sp³-hybridized carbons (Fsp3) is 0.161. The molecule has 5 nitrogen and oxygen atoms in total. The number of β-lactam (4-membered cyclic amide) rings is 1. The molecule has 0 aliphatic carbocycles. The van der Waals surface area contributed by atoms with E-state index in [1.165, 1.54) is 0 Å². The summed E-state index contributed by atoms with van der Waals surface area (Å²) in [6, 6.07) is 35.5. The molecule has 0 saturated carbocycles. The van der Waals surface area contributed by atoms with Gasteiger partial charge in [-0.3, -0.25) is 9.69 Å². The third-order valence-electron chi connectivity index (χ3n) is 6.84. The van der Waals surface area contributed by atoms with Crippen LogP contribution in [0.4, 0.5) is 11.4 Å². The first-order valence-corrected chi connectivity index (χ1v) is 11.9. The predicted molar refractivity (Wildman–Crippen MR) is 143 cm³/mol. The molecule has 4 aromatic rings. The lowest BCUT2D eigenvalue weighted by Gasteiger charge is -2.57. The Morgan fingerprint density at radius 2 is 1.28 bits per heavy atom. The summed E-state index contributed by atoms with van der Waals surface area (Å²) in [5, 5.41) is 0. The molecule has 0 bridgehead atoms. The molecule has 0 spiro atoms. The molecule has 1 heterocycles. The number of nitrogens with zero attached hydrogens (tertiary/aromatic N) is 2. The van der Waals surface area contributed by atoms with Crippen LogP contribution in [-0.2, 0) is 10.3 Å². The fourth-order valence-electron chi connectivity index (χ4n) is 5.01. The minimum absolute atomic E-state index is 0.0439. The third kappa shape index (κ3) is 3.83. The Bertz CT molecular complexity index is 1370. The van der Waals surface area contributed by atoms with Crippen LogP contribution in [0, 0.1) is 5.92 Å². The summed E-state index contributed by atoms with van der Waals surface area (Å²) < 4.78 is 10.7. The van der Waals surface area contributed by atoms with E-state index < -0.39 is 5.54 Å². The second-order valence-corrected chi connectivity index (χ2v) is 8.75. The van der Waals surface area contributed by atoms with Gasteiger partial charge >= 0.3 is 0 Å². The minimum atomic E-state index is -0.811. The molecule has 180 valence electrons. The number of hydrogen-bond acceptors (Lipinski definition) is 4. The Labute approximate surface area is 211 Å². The Morgan fingerprint density at radius 3 is 1.83 bits per heavy atom. The summed E-state index contributed by atoms with van der Waals surface area (Å²) >= 11 is 0. The molecule has 1 aliphatic heterocycles. The smallest absolute Gasteiger partial charge is 0.234 e. The third-order valence-corrected chi connectivity index (χ3v) is 6.84. The summed E-state index contributed by atoms with van der Waals surface area (Å²) in [5.41, 5.74) is 3.53. The highest BCUT2D eigenvalue weighted by atomic mass is 16.5. The maximum absolute atomic E-state index is 13.6. The number of anilines is 1. The minimum Gasteiger partial charge on any atom is -0.497 e. The molecule has 1 aliphatic rings. The number of rotatable bonds is 7. The normalized spacial score (nSPS) is 19.5. The summed E-state index contributed by atoms with van der Waals surface area (Å²) in [6.45, 7) is 1.99. The largest absolute Gasteiger partial charge is 0.497 e. The van der Waals surface area contributed by atoms with E-state index in [1.807, 2.05) is 96.8 Å². The molecule has 4 aromatic carbocycles. The number of ether oxygens (including phenoxy) is 2. The predicted octanol–water partition coefficient (Wildman–Crippen LogP) is 6.40. The van der Waals surface area contributed by atoms with E-state index in [2.05, 4.69) is 24.3 Å². The van der Waals surface area contributed by atoms with E-state index in [0.717, 1.165) is 39.7 Å². The van der Waals surface area contributed by atoms with Crippen molar-refractivity contribution in [1.82, 2.24) is 0 Å². The van der Waals surface area contributed by atoms with Gasteiger partial charge in [0, 0.05) is 5.69 Å². The monoisotopic (exact) mass is 476 g/mol. The van der Waals surface area contributed by atoms with Crippen LogP contribution in [0.1, 0.15) is 18.1 Å². The van der Waals surface area contributed by atoms with Crippen LogP contribution in [-0.4, -0.2) is 25.8 Å². The number of methoxy groups -OCH3 is 2. The van der Waals surface area contributed by atoms with Gasteiger partial charge in [0.05, 0.1) is 31.5 Å². The van der Waals surface area contributed by atoms with Crippen molar-refractivity contribution in [2.75, 3.05) is 19.1 Å². The van der Waals surface area contributed by atoms with Crippen LogP contribution in [0.15, 0.2) is 114 Å². The van der Waals surface area contributed by atoms with Crippen LogP contribution in [0.5, 0.6) is 11.5 Å². The number of amides is 1. The van der Waals surface area contributed by atoms with Crippen LogP contribution < -0.4 is 14.4 Å². The highest BCUT2D eigenvalue weighted by Gasteiger charge is 2.62. The van der Waals surface area contributed by atoms with Gasteiger partial charge in [0.25, 0.3) is 0 Å². The zero-order valence-corrected chi connectivity index (χ0v) is 20.6. The second-order valence-electron chi connectivity index (χ2n) is 8.75. The zero-order chi connectivity index (χ0) is 25.1. The lowest BCUT2D eigenvalue weighted by molar-refractivity contribution is -0.131. The molecule has 1 amide bonds. The molecule has 0 N–H and O–H groups in total.